The molecule has 0 aliphatic heterocycles. The van der Waals surface area contributed by atoms with Gasteiger partial charge >= 0.3 is 0 Å². The Balaban J connectivity index is 1.98. The third-order valence-corrected chi connectivity index (χ3v) is 3.30. The molecular formula is C13H25NO. The van der Waals surface area contributed by atoms with E-state index in [-0.39, 0.29) is 5.91 Å². The molecule has 1 N–H and O–H groups in total. The van der Waals surface area contributed by atoms with Crippen molar-refractivity contribution >= 4 is 5.91 Å². The van der Waals surface area contributed by atoms with E-state index in [0.717, 1.165) is 31.7 Å². The second-order valence-electron chi connectivity index (χ2n) is 5.22. The van der Waals surface area contributed by atoms with Crippen LogP contribution >= 0.6 is 0 Å². The lowest BCUT2D eigenvalue weighted by molar-refractivity contribution is -0.121. The normalized spacial score (nSPS) is 17.3. The Kier molecular flexibility index (Phi) is 5.74. The Bertz CT molecular complexity index is 183. The highest BCUT2D eigenvalue weighted by Gasteiger charge is 2.15. The van der Waals surface area contributed by atoms with Gasteiger partial charge in [-0.15, -0.1) is 0 Å². The molecule has 0 aromatic rings. The van der Waals surface area contributed by atoms with E-state index in [1.165, 1.54) is 25.7 Å². The van der Waals surface area contributed by atoms with E-state index in [0.29, 0.717) is 5.92 Å². The molecule has 2 nitrogen and oxygen atoms in total. The van der Waals surface area contributed by atoms with E-state index in [1.54, 1.807) is 0 Å². The maximum atomic E-state index is 11.5. The summed E-state index contributed by atoms with van der Waals surface area (Å²) in [6.45, 7) is 5.22. The summed E-state index contributed by atoms with van der Waals surface area (Å²) in [4.78, 5) is 11.5. The molecule has 0 radical (unpaired) electrons. The Morgan fingerprint density at radius 1 is 1.33 bits per heavy atom. The van der Waals surface area contributed by atoms with Crippen LogP contribution in [0.25, 0.3) is 0 Å². The molecule has 1 aliphatic rings. The zero-order valence-corrected chi connectivity index (χ0v) is 10.2. The summed E-state index contributed by atoms with van der Waals surface area (Å²) in [7, 11) is 0. The first-order valence-electron chi connectivity index (χ1n) is 6.45. The standard InChI is InChI=1S/C13H25NO/c1-11(2)9-10-14-13(15)8-7-12-5-3-4-6-12/h11-12H,3-10H2,1-2H3,(H,14,15). The average molecular weight is 211 g/mol. The molecule has 0 bridgehead atoms. The quantitative estimate of drug-likeness (QED) is 0.718. The van der Waals surface area contributed by atoms with Crippen LogP contribution in [0.3, 0.4) is 0 Å². The molecule has 88 valence electrons. The minimum absolute atomic E-state index is 0.252. The van der Waals surface area contributed by atoms with Crippen LogP contribution in [-0.4, -0.2) is 12.5 Å². The van der Waals surface area contributed by atoms with Crippen LogP contribution in [-0.2, 0) is 4.79 Å². The van der Waals surface area contributed by atoms with Crippen molar-refractivity contribution < 1.29 is 4.79 Å². The molecule has 0 heterocycles. The average Bonchev–Trinajstić information content (AvgIpc) is 2.66. The van der Waals surface area contributed by atoms with Gasteiger partial charge in [-0.3, -0.25) is 4.79 Å². The lowest BCUT2D eigenvalue weighted by Gasteiger charge is -2.09. The number of hydrogen-bond donors (Lipinski definition) is 1. The molecule has 0 atom stereocenters. The van der Waals surface area contributed by atoms with Crippen LogP contribution in [0.4, 0.5) is 0 Å². The lowest BCUT2D eigenvalue weighted by atomic mass is 10.0. The predicted molar refractivity (Wildman–Crippen MR) is 63.7 cm³/mol. The number of rotatable bonds is 6. The highest BCUT2D eigenvalue weighted by Crippen LogP contribution is 2.28. The van der Waals surface area contributed by atoms with E-state index in [1.807, 2.05) is 0 Å². The number of amides is 1. The minimum Gasteiger partial charge on any atom is -0.356 e. The maximum Gasteiger partial charge on any atom is 0.220 e. The molecule has 1 amide bonds. The van der Waals surface area contributed by atoms with Crippen LogP contribution in [0.15, 0.2) is 0 Å². The van der Waals surface area contributed by atoms with Crippen molar-refractivity contribution in [2.75, 3.05) is 6.54 Å². The van der Waals surface area contributed by atoms with Gasteiger partial charge in [-0.2, -0.15) is 0 Å². The fraction of sp³-hybridized carbons (Fsp3) is 0.923. The first-order chi connectivity index (χ1) is 7.18. The van der Waals surface area contributed by atoms with Gasteiger partial charge < -0.3 is 5.32 Å². The number of carbonyl (C=O) groups is 1. The molecule has 1 fully saturated rings. The summed E-state index contributed by atoms with van der Waals surface area (Å²) in [5.74, 6) is 1.77. The molecule has 0 unspecified atom stereocenters. The molecule has 0 aromatic carbocycles. The third-order valence-electron chi connectivity index (χ3n) is 3.30. The molecular weight excluding hydrogens is 186 g/mol. The zero-order chi connectivity index (χ0) is 11.1. The molecule has 1 saturated carbocycles. The topological polar surface area (TPSA) is 29.1 Å². The van der Waals surface area contributed by atoms with Gasteiger partial charge in [-0.1, -0.05) is 39.5 Å². The Hall–Kier alpha value is -0.530. The van der Waals surface area contributed by atoms with Crippen molar-refractivity contribution in [1.29, 1.82) is 0 Å². The van der Waals surface area contributed by atoms with Gasteiger partial charge in [0.25, 0.3) is 0 Å². The maximum absolute atomic E-state index is 11.5. The first-order valence-corrected chi connectivity index (χ1v) is 6.45. The first kappa shape index (κ1) is 12.5. The largest absolute Gasteiger partial charge is 0.356 e. The Morgan fingerprint density at radius 3 is 2.60 bits per heavy atom. The molecule has 1 rings (SSSR count). The van der Waals surface area contributed by atoms with Gasteiger partial charge in [-0.05, 0) is 24.7 Å². The van der Waals surface area contributed by atoms with Crippen LogP contribution in [0.5, 0.6) is 0 Å². The van der Waals surface area contributed by atoms with Gasteiger partial charge in [0.2, 0.25) is 5.91 Å². The van der Waals surface area contributed by atoms with Crippen LogP contribution < -0.4 is 5.32 Å². The molecule has 2 heteroatoms. The minimum atomic E-state index is 0.252. The van der Waals surface area contributed by atoms with E-state index >= 15 is 0 Å². The molecule has 1 aliphatic carbocycles. The number of nitrogens with one attached hydrogen (secondary N) is 1. The summed E-state index contributed by atoms with van der Waals surface area (Å²) < 4.78 is 0. The molecule has 15 heavy (non-hydrogen) atoms. The van der Waals surface area contributed by atoms with Gasteiger partial charge in [0, 0.05) is 13.0 Å². The summed E-state index contributed by atoms with van der Waals surface area (Å²) in [5.41, 5.74) is 0. The summed E-state index contributed by atoms with van der Waals surface area (Å²) in [6, 6.07) is 0. The van der Waals surface area contributed by atoms with Gasteiger partial charge in [0.1, 0.15) is 0 Å². The molecule has 0 aromatic heterocycles. The second kappa shape index (κ2) is 6.86. The SMILES string of the molecule is CC(C)CCNC(=O)CCC1CCCC1. The summed E-state index contributed by atoms with van der Waals surface area (Å²) >= 11 is 0. The third kappa shape index (κ3) is 5.81. The van der Waals surface area contributed by atoms with Crippen LogP contribution in [0.2, 0.25) is 0 Å². The Morgan fingerprint density at radius 2 is 2.00 bits per heavy atom. The van der Waals surface area contributed by atoms with E-state index < -0.39 is 0 Å². The van der Waals surface area contributed by atoms with E-state index in [4.69, 9.17) is 0 Å². The molecule has 0 saturated heterocycles. The van der Waals surface area contributed by atoms with Crippen molar-refractivity contribution in [2.45, 2.75) is 58.8 Å². The van der Waals surface area contributed by atoms with Gasteiger partial charge in [0.15, 0.2) is 0 Å². The number of hydrogen-bond acceptors (Lipinski definition) is 1. The zero-order valence-electron chi connectivity index (χ0n) is 10.2. The van der Waals surface area contributed by atoms with E-state index in [9.17, 15) is 4.79 Å². The van der Waals surface area contributed by atoms with Crippen molar-refractivity contribution in [3.05, 3.63) is 0 Å². The Labute approximate surface area is 93.8 Å². The number of carbonyl (C=O) groups excluding carboxylic acids is 1. The molecule has 0 spiro atoms. The van der Waals surface area contributed by atoms with Crippen molar-refractivity contribution in [1.82, 2.24) is 5.32 Å². The van der Waals surface area contributed by atoms with Gasteiger partial charge in [0.05, 0.1) is 0 Å². The monoisotopic (exact) mass is 211 g/mol. The fourth-order valence-corrected chi connectivity index (χ4v) is 2.22. The summed E-state index contributed by atoms with van der Waals surface area (Å²) in [5, 5.41) is 3.00. The van der Waals surface area contributed by atoms with Crippen LogP contribution in [0.1, 0.15) is 58.8 Å². The van der Waals surface area contributed by atoms with Crippen molar-refractivity contribution in [3.63, 3.8) is 0 Å². The summed E-state index contributed by atoms with van der Waals surface area (Å²) in [6.07, 6.45) is 8.38. The predicted octanol–water partition coefficient (Wildman–Crippen LogP) is 3.12. The van der Waals surface area contributed by atoms with Crippen LogP contribution in [0, 0.1) is 11.8 Å². The smallest absolute Gasteiger partial charge is 0.220 e. The fourth-order valence-electron chi connectivity index (χ4n) is 2.22. The highest BCUT2D eigenvalue weighted by molar-refractivity contribution is 5.75. The van der Waals surface area contributed by atoms with E-state index in [2.05, 4.69) is 19.2 Å². The van der Waals surface area contributed by atoms with Crippen molar-refractivity contribution in [3.8, 4) is 0 Å². The highest BCUT2D eigenvalue weighted by atomic mass is 16.1. The van der Waals surface area contributed by atoms with Gasteiger partial charge in [-0.25, -0.2) is 0 Å². The second-order valence-corrected chi connectivity index (χ2v) is 5.22. The van der Waals surface area contributed by atoms with Crippen molar-refractivity contribution in [2.24, 2.45) is 11.8 Å². The lowest BCUT2D eigenvalue weighted by Crippen LogP contribution is -2.25.